The number of aliphatic hydroxyl groups excluding tert-OH is 1. The summed E-state index contributed by atoms with van der Waals surface area (Å²) >= 11 is 0. The van der Waals surface area contributed by atoms with E-state index in [2.05, 4.69) is 10.00 Å². The number of aromatic nitrogens is 2. The number of aryl methyl sites for hydroxylation is 1. The Morgan fingerprint density at radius 1 is 1.38 bits per heavy atom. The highest BCUT2D eigenvalue weighted by Gasteiger charge is 2.28. The summed E-state index contributed by atoms with van der Waals surface area (Å²) in [6.07, 6.45) is 2.50. The van der Waals surface area contributed by atoms with Gasteiger partial charge in [0, 0.05) is 25.8 Å². The predicted molar refractivity (Wildman–Crippen MR) is 75.5 cm³/mol. The van der Waals surface area contributed by atoms with Crippen molar-refractivity contribution in [2.45, 2.75) is 25.6 Å². The highest BCUT2D eigenvalue weighted by atomic mass is 16.5. The average molecular weight is 294 g/mol. The van der Waals surface area contributed by atoms with Crippen molar-refractivity contribution in [3.8, 4) is 0 Å². The molecule has 0 saturated carbocycles. The largest absolute Gasteiger partial charge is 0.394 e. The lowest BCUT2D eigenvalue weighted by Gasteiger charge is -2.32. The normalized spacial score (nSPS) is 23.7. The Bertz CT molecular complexity index is 484. The summed E-state index contributed by atoms with van der Waals surface area (Å²) in [5.74, 6) is 0.0746. The molecule has 1 amide bonds. The van der Waals surface area contributed by atoms with Crippen LogP contribution in [0.4, 0.5) is 0 Å². The van der Waals surface area contributed by atoms with Crippen molar-refractivity contribution in [2.75, 3.05) is 39.5 Å². The molecule has 2 aliphatic rings. The number of carbonyl (C=O) groups is 1. The Morgan fingerprint density at radius 3 is 2.95 bits per heavy atom. The minimum atomic E-state index is -0.125. The SMILES string of the molecule is O=C(CN1CCOCC1)N1Cc2ccnn2CCC1CO. The monoisotopic (exact) mass is 294 g/mol. The standard InChI is InChI=1S/C14H22N4O3/c19-11-13-2-4-18-12(1-3-15-18)9-17(13)14(20)10-16-5-7-21-8-6-16/h1,3,13,19H,2,4-11H2. The summed E-state index contributed by atoms with van der Waals surface area (Å²) < 4.78 is 7.23. The molecule has 3 rings (SSSR count). The van der Waals surface area contributed by atoms with E-state index in [4.69, 9.17) is 4.74 Å². The van der Waals surface area contributed by atoms with Gasteiger partial charge >= 0.3 is 0 Å². The fourth-order valence-corrected chi connectivity index (χ4v) is 2.95. The minimum absolute atomic E-state index is 0.000312. The predicted octanol–water partition coefficient (Wildman–Crippen LogP) is -0.691. The first-order valence-corrected chi connectivity index (χ1v) is 7.49. The molecule has 2 aliphatic heterocycles. The van der Waals surface area contributed by atoms with Crippen molar-refractivity contribution in [3.63, 3.8) is 0 Å². The number of ether oxygens (including phenoxy) is 1. The van der Waals surface area contributed by atoms with Gasteiger partial charge in [0.1, 0.15) is 0 Å². The maximum Gasteiger partial charge on any atom is 0.237 e. The summed E-state index contributed by atoms with van der Waals surface area (Å²) in [4.78, 5) is 16.5. The highest BCUT2D eigenvalue weighted by Crippen LogP contribution is 2.17. The summed E-state index contributed by atoms with van der Waals surface area (Å²) in [5.41, 5.74) is 1.03. The zero-order valence-electron chi connectivity index (χ0n) is 12.1. The topological polar surface area (TPSA) is 70.8 Å². The van der Waals surface area contributed by atoms with Gasteiger partial charge in [0.25, 0.3) is 0 Å². The fourth-order valence-electron chi connectivity index (χ4n) is 2.95. The van der Waals surface area contributed by atoms with Crippen LogP contribution >= 0.6 is 0 Å². The van der Waals surface area contributed by atoms with Gasteiger partial charge in [-0.25, -0.2) is 0 Å². The Kier molecular flexibility index (Phi) is 4.52. The quantitative estimate of drug-likeness (QED) is 0.799. The lowest BCUT2D eigenvalue weighted by Crippen LogP contribution is -2.48. The molecule has 116 valence electrons. The first-order valence-electron chi connectivity index (χ1n) is 7.49. The molecule has 1 saturated heterocycles. The molecule has 0 radical (unpaired) electrons. The van der Waals surface area contributed by atoms with Gasteiger partial charge in [0.05, 0.1) is 44.6 Å². The van der Waals surface area contributed by atoms with E-state index < -0.39 is 0 Å². The first-order chi connectivity index (χ1) is 10.3. The number of nitrogens with zero attached hydrogens (tertiary/aromatic N) is 4. The van der Waals surface area contributed by atoms with E-state index >= 15 is 0 Å². The average Bonchev–Trinajstić information content (AvgIpc) is 2.87. The third-order valence-corrected chi connectivity index (χ3v) is 4.25. The van der Waals surface area contributed by atoms with E-state index in [9.17, 15) is 9.90 Å². The van der Waals surface area contributed by atoms with Gasteiger partial charge in [0.15, 0.2) is 0 Å². The summed E-state index contributed by atoms with van der Waals surface area (Å²) in [6.45, 7) is 4.62. The maximum atomic E-state index is 12.6. The van der Waals surface area contributed by atoms with E-state index in [1.54, 1.807) is 11.1 Å². The Balaban J connectivity index is 1.69. The molecule has 1 N–H and O–H groups in total. The van der Waals surface area contributed by atoms with E-state index in [1.165, 1.54) is 0 Å². The van der Waals surface area contributed by atoms with Crippen molar-refractivity contribution in [3.05, 3.63) is 18.0 Å². The first kappa shape index (κ1) is 14.5. The van der Waals surface area contributed by atoms with Gasteiger partial charge in [-0.05, 0) is 12.5 Å². The molecule has 0 bridgehead atoms. The highest BCUT2D eigenvalue weighted by molar-refractivity contribution is 5.78. The number of aliphatic hydroxyl groups is 1. The lowest BCUT2D eigenvalue weighted by molar-refractivity contribution is -0.137. The van der Waals surface area contributed by atoms with Crippen molar-refractivity contribution in [1.29, 1.82) is 0 Å². The van der Waals surface area contributed by atoms with Gasteiger partial charge in [0.2, 0.25) is 5.91 Å². The van der Waals surface area contributed by atoms with Crippen molar-refractivity contribution in [1.82, 2.24) is 19.6 Å². The van der Waals surface area contributed by atoms with Crippen LogP contribution in [0.2, 0.25) is 0 Å². The molecule has 1 aromatic rings. The Hall–Kier alpha value is -1.44. The van der Waals surface area contributed by atoms with Gasteiger partial charge in [-0.3, -0.25) is 14.4 Å². The molecule has 0 spiro atoms. The van der Waals surface area contributed by atoms with E-state index in [-0.39, 0.29) is 18.6 Å². The van der Waals surface area contributed by atoms with Crippen LogP contribution in [-0.4, -0.2) is 76.1 Å². The van der Waals surface area contributed by atoms with Crippen LogP contribution in [0.15, 0.2) is 12.3 Å². The second-order valence-electron chi connectivity index (χ2n) is 5.58. The Labute approximate surface area is 124 Å². The summed E-state index contributed by atoms with van der Waals surface area (Å²) in [6, 6.07) is 1.81. The maximum absolute atomic E-state index is 12.6. The van der Waals surface area contributed by atoms with Crippen LogP contribution < -0.4 is 0 Å². The number of morpholine rings is 1. The zero-order chi connectivity index (χ0) is 14.7. The van der Waals surface area contributed by atoms with Gasteiger partial charge in [-0.1, -0.05) is 0 Å². The number of rotatable bonds is 3. The van der Waals surface area contributed by atoms with E-state index in [0.717, 1.165) is 31.7 Å². The van der Waals surface area contributed by atoms with Crippen molar-refractivity contribution < 1.29 is 14.6 Å². The number of fused-ring (bicyclic) bond motifs is 1. The van der Waals surface area contributed by atoms with Crippen LogP contribution in [0.25, 0.3) is 0 Å². The Morgan fingerprint density at radius 2 is 2.19 bits per heavy atom. The molecule has 0 aromatic carbocycles. The molecular weight excluding hydrogens is 272 g/mol. The molecule has 7 heteroatoms. The number of carbonyl (C=O) groups excluding carboxylic acids is 1. The van der Waals surface area contributed by atoms with Crippen LogP contribution in [0, 0.1) is 0 Å². The summed E-state index contributed by atoms with van der Waals surface area (Å²) in [5, 5.41) is 13.9. The van der Waals surface area contributed by atoms with Gasteiger partial charge in [-0.2, -0.15) is 5.10 Å². The third-order valence-electron chi connectivity index (χ3n) is 4.25. The second-order valence-corrected chi connectivity index (χ2v) is 5.58. The lowest BCUT2D eigenvalue weighted by atomic mass is 10.2. The molecule has 1 unspecified atom stereocenters. The molecule has 7 nitrogen and oxygen atoms in total. The van der Waals surface area contributed by atoms with Crippen LogP contribution in [0.1, 0.15) is 12.1 Å². The van der Waals surface area contributed by atoms with Crippen molar-refractivity contribution in [2.24, 2.45) is 0 Å². The molecule has 0 aliphatic carbocycles. The minimum Gasteiger partial charge on any atom is -0.394 e. The smallest absolute Gasteiger partial charge is 0.237 e. The molecule has 1 aromatic heterocycles. The molecular formula is C14H22N4O3. The molecule has 21 heavy (non-hydrogen) atoms. The van der Waals surface area contributed by atoms with E-state index in [0.29, 0.717) is 26.3 Å². The molecule has 1 atom stereocenters. The third kappa shape index (κ3) is 3.25. The number of hydrogen-bond acceptors (Lipinski definition) is 5. The van der Waals surface area contributed by atoms with E-state index in [1.807, 2.05) is 10.7 Å². The molecule has 3 heterocycles. The van der Waals surface area contributed by atoms with Crippen molar-refractivity contribution >= 4 is 5.91 Å². The second kappa shape index (κ2) is 6.55. The van der Waals surface area contributed by atoms with Gasteiger partial charge in [-0.15, -0.1) is 0 Å². The molecule has 1 fully saturated rings. The zero-order valence-corrected chi connectivity index (χ0v) is 12.1. The fraction of sp³-hybridized carbons (Fsp3) is 0.714. The number of hydrogen-bond donors (Lipinski definition) is 1. The number of amides is 1. The van der Waals surface area contributed by atoms with Gasteiger partial charge < -0.3 is 14.7 Å². The summed E-state index contributed by atoms with van der Waals surface area (Å²) in [7, 11) is 0. The van der Waals surface area contributed by atoms with Crippen LogP contribution in [0.3, 0.4) is 0 Å². The van der Waals surface area contributed by atoms with Crippen LogP contribution in [-0.2, 0) is 22.6 Å². The van der Waals surface area contributed by atoms with Crippen LogP contribution in [0.5, 0.6) is 0 Å².